The van der Waals surface area contributed by atoms with Crippen LogP contribution >= 0.6 is 0 Å². The number of pyridine rings is 1. The highest BCUT2D eigenvalue weighted by molar-refractivity contribution is 5.96. The molecule has 0 fully saturated rings. The normalized spacial score (nSPS) is 14.2. The molecule has 0 unspecified atom stereocenters. The molecule has 1 heterocycles. The van der Waals surface area contributed by atoms with Crippen LogP contribution < -0.4 is 5.73 Å². The fourth-order valence-corrected chi connectivity index (χ4v) is 2.30. The van der Waals surface area contributed by atoms with Crippen molar-refractivity contribution in [3.63, 3.8) is 0 Å². The lowest BCUT2D eigenvalue weighted by molar-refractivity contribution is 0.0696. The minimum Gasteiger partial charge on any atom is -0.478 e. The van der Waals surface area contributed by atoms with Gasteiger partial charge in [-0.25, -0.2) is 4.79 Å². The SMILES string of the molecule is CC(C)c1nc2c(c(C(=O)O)c1N)CCC2. The summed E-state index contributed by atoms with van der Waals surface area (Å²) in [7, 11) is 0. The van der Waals surface area contributed by atoms with E-state index >= 15 is 0 Å². The molecule has 0 saturated carbocycles. The largest absolute Gasteiger partial charge is 0.478 e. The molecular weight excluding hydrogens is 204 g/mol. The van der Waals surface area contributed by atoms with E-state index in [4.69, 9.17) is 5.73 Å². The number of rotatable bonds is 2. The number of aryl methyl sites for hydroxylation is 1. The Bertz CT molecular complexity index is 453. The Morgan fingerprint density at radius 3 is 2.69 bits per heavy atom. The molecule has 0 atom stereocenters. The second kappa shape index (κ2) is 3.77. The van der Waals surface area contributed by atoms with E-state index in [9.17, 15) is 9.90 Å². The zero-order valence-corrected chi connectivity index (χ0v) is 9.58. The van der Waals surface area contributed by atoms with Crippen LogP contribution in [0.2, 0.25) is 0 Å². The van der Waals surface area contributed by atoms with Gasteiger partial charge in [-0.15, -0.1) is 0 Å². The average molecular weight is 220 g/mol. The van der Waals surface area contributed by atoms with E-state index in [1.54, 1.807) is 0 Å². The van der Waals surface area contributed by atoms with Crippen LogP contribution in [-0.2, 0) is 12.8 Å². The fourth-order valence-electron chi connectivity index (χ4n) is 2.30. The zero-order chi connectivity index (χ0) is 11.9. The Kier molecular flexibility index (Phi) is 2.58. The molecule has 1 aliphatic carbocycles. The van der Waals surface area contributed by atoms with Crippen LogP contribution in [0.4, 0.5) is 5.69 Å². The van der Waals surface area contributed by atoms with Crippen LogP contribution in [0.3, 0.4) is 0 Å². The second-order valence-corrected chi connectivity index (χ2v) is 4.52. The summed E-state index contributed by atoms with van der Waals surface area (Å²) in [5, 5.41) is 9.23. The van der Waals surface area contributed by atoms with Gasteiger partial charge in [-0.3, -0.25) is 4.98 Å². The zero-order valence-electron chi connectivity index (χ0n) is 9.58. The second-order valence-electron chi connectivity index (χ2n) is 4.52. The molecule has 1 aromatic heterocycles. The Morgan fingerprint density at radius 2 is 2.12 bits per heavy atom. The van der Waals surface area contributed by atoms with Gasteiger partial charge in [-0.1, -0.05) is 13.8 Å². The first-order valence-corrected chi connectivity index (χ1v) is 5.56. The minimum absolute atomic E-state index is 0.156. The highest BCUT2D eigenvalue weighted by atomic mass is 16.4. The first-order chi connectivity index (χ1) is 7.52. The van der Waals surface area contributed by atoms with Gasteiger partial charge < -0.3 is 10.8 Å². The number of fused-ring (bicyclic) bond motifs is 1. The number of carbonyl (C=O) groups is 1. The molecule has 0 saturated heterocycles. The average Bonchev–Trinajstić information content (AvgIpc) is 2.62. The van der Waals surface area contributed by atoms with Crippen molar-refractivity contribution in [1.82, 2.24) is 4.98 Å². The molecule has 1 aromatic rings. The number of hydrogen-bond acceptors (Lipinski definition) is 3. The van der Waals surface area contributed by atoms with Gasteiger partial charge in [-0.2, -0.15) is 0 Å². The standard InChI is InChI=1S/C12H16N2O2/c1-6(2)11-10(13)9(12(15)16)7-4-3-5-8(7)14-11/h6H,3-5,13H2,1-2H3,(H,15,16). The van der Waals surface area contributed by atoms with Crippen molar-refractivity contribution >= 4 is 11.7 Å². The fraction of sp³-hybridized carbons (Fsp3) is 0.500. The van der Waals surface area contributed by atoms with Crippen molar-refractivity contribution in [3.05, 3.63) is 22.5 Å². The Balaban J connectivity index is 2.70. The van der Waals surface area contributed by atoms with Crippen molar-refractivity contribution in [1.29, 1.82) is 0 Å². The summed E-state index contributed by atoms with van der Waals surface area (Å²) in [6.07, 6.45) is 2.63. The lowest BCUT2D eigenvalue weighted by atomic mass is 9.99. The molecule has 0 amide bonds. The van der Waals surface area contributed by atoms with Gasteiger partial charge in [-0.05, 0) is 30.7 Å². The summed E-state index contributed by atoms with van der Waals surface area (Å²) in [5.41, 5.74) is 9.04. The monoisotopic (exact) mass is 220 g/mol. The first kappa shape index (κ1) is 10.9. The van der Waals surface area contributed by atoms with E-state index in [1.165, 1.54) is 0 Å². The maximum Gasteiger partial charge on any atom is 0.338 e. The summed E-state index contributed by atoms with van der Waals surface area (Å²) in [6, 6.07) is 0. The van der Waals surface area contributed by atoms with Gasteiger partial charge in [0, 0.05) is 5.69 Å². The summed E-state index contributed by atoms with van der Waals surface area (Å²) < 4.78 is 0. The molecule has 3 N–H and O–H groups in total. The van der Waals surface area contributed by atoms with E-state index in [2.05, 4.69) is 4.98 Å². The van der Waals surface area contributed by atoms with Crippen molar-refractivity contribution in [2.24, 2.45) is 0 Å². The van der Waals surface area contributed by atoms with Crippen molar-refractivity contribution in [2.45, 2.75) is 39.0 Å². The molecule has 1 aliphatic rings. The van der Waals surface area contributed by atoms with E-state index in [0.29, 0.717) is 5.69 Å². The number of carboxylic acid groups (broad SMARTS) is 1. The molecule has 0 aromatic carbocycles. The van der Waals surface area contributed by atoms with Gasteiger partial charge in [0.2, 0.25) is 0 Å². The molecule has 4 heteroatoms. The summed E-state index contributed by atoms with van der Waals surface area (Å²) >= 11 is 0. The third-order valence-corrected chi connectivity index (χ3v) is 3.05. The van der Waals surface area contributed by atoms with Crippen molar-refractivity contribution < 1.29 is 9.90 Å². The van der Waals surface area contributed by atoms with E-state index in [0.717, 1.165) is 36.2 Å². The van der Waals surface area contributed by atoms with Crippen molar-refractivity contribution in [2.75, 3.05) is 5.73 Å². The summed E-state index contributed by atoms with van der Waals surface area (Å²) in [4.78, 5) is 15.8. The molecule has 2 rings (SSSR count). The maximum atomic E-state index is 11.2. The number of anilines is 1. The van der Waals surface area contributed by atoms with Crippen LogP contribution in [0.15, 0.2) is 0 Å². The van der Waals surface area contributed by atoms with Gasteiger partial charge >= 0.3 is 5.97 Å². The predicted molar refractivity (Wildman–Crippen MR) is 61.7 cm³/mol. The van der Waals surface area contributed by atoms with E-state index in [1.807, 2.05) is 13.8 Å². The molecule has 0 spiro atoms. The highest BCUT2D eigenvalue weighted by Crippen LogP contribution is 2.32. The summed E-state index contributed by atoms with van der Waals surface area (Å²) in [6.45, 7) is 3.96. The number of nitrogens with zero attached hydrogens (tertiary/aromatic N) is 1. The van der Waals surface area contributed by atoms with Gasteiger partial charge in [0.1, 0.15) is 0 Å². The minimum atomic E-state index is -0.931. The first-order valence-electron chi connectivity index (χ1n) is 5.56. The number of hydrogen-bond donors (Lipinski definition) is 2. The van der Waals surface area contributed by atoms with Crippen LogP contribution in [0, 0.1) is 0 Å². The number of nitrogen functional groups attached to an aromatic ring is 1. The lowest BCUT2D eigenvalue weighted by Crippen LogP contribution is -2.13. The van der Waals surface area contributed by atoms with E-state index < -0.39 is 5.97 Å². The predicted octanol–water partition coefficient (Wildman–Crippen LogP) is 1.97. The Labute approximate surface area is 94.5 Å². The van der Waals surface area contributed by atoms with Crippen molar-refractivity contribution in [3.8, 4) is 0 Å². The van der Waals surface area contributed by atoms with Gasteiger partial charge in [0.15, 0.2) is 0 Å². The van der Waals surface area contributed by atoms with Crippen LogP contribution in [-0.4, -0.2) is 16.1 Å². The molecular formula is C12H16N2O2. The molecule has 86 valence electrons. The van der Waals surface area contributed by atoms with E-state index in [-0.39, 0.29) is 11.5 Å². The smallest absolute Gasteiger partial charge is 0.338 e. The Hall–Kier alpha value is -1.58. The maximum absolute atomic E-state index is 11.2. The third-order valence-electron chi connectivity index (χ3n) is 3.05. The number of carboxylic acids is 1. The molecule has 0 radical (unpaired) electrons. The molecule has 16 heavy (non-hydrogen) atoms. The summed E-state index contributed by atoms with van der Waals surface area (Å²) in [5.74, 6) is -0.774. The third kappa shape index (κ3) is 1.54. The lowest BCUT2D eigenvalue weighted by Gasteiger charge is -2.14. The van der Waals surface area contributed by atoms with Crippen LogP contribution in [0.25, 0.3) is 0 Å². The quantitative estimate of drug-likeness (QED) is 0.799. The van der Waals surface area contributed by atoms with Crippen LogP contribution in [0.5, 0.6) is 0 Å². The Morgan fingerprint density at radius 1 is 1.44 bits per heavy atom. The molecule has 0 aliphatic heterocycles. The molecule has 4 nitrogen and oxygen atoms in total. The number of nitrogens with two attached hydrogens (primary N) is 1. The number of aromatic nitrogens is 1. The topological polar surface area (TPSA) is 76.2 Å². The van der Waals surface area contributed by atoms with Gasteiger partial charge in [0.25, 0.3) is 0 Å². The van der Waals surface area contributed by atoms with Gasteiger partial charge in [0.05, 0.1) is 16.9 Å². The highest BCUT2D eigenvalue weighted by Gasteiger charge is 2.26. The van der Waals surface area contributed by atoms with Crippen LogP contribution in [0.1, 0.15) is 53.5 Å². The molecule has 0 bridgehead atoms. The number of aromatic carboxylic acids is 1.